The van der Waals surface area contributed by atoms with Gasteiger partial charge in [-0.1, -0.05) is 67.6 Å². The van der Waals surface area contributed by atoms with Gasteiger partial charge in [0.05, 0.1) is 12.4 Å². The number of fused-ring (bicyclic) bond motifs is 1. The molecule has 2 aliphatic rings. The molecule has 0 spiro atoms. The van der Waals surface area contributed by atoms with Gasteiger partial charge >= 0.3 is 0 Å². The fourth-order valence-corrected chi connectivity index (χ4v) is 6.78. The standard InChI is InChI=1S/C33H41N11O2/c1-4-27-38-40-44(39-27)26-17-25(29(45)30(26)46)43-20-35-28-31(36-33(37-32(28)43)42-16-15-23(19-42)41(2)3)34-18-24(21-11-7-5-8-12-21)22-13-9-6-10-14-22/h5-14,20,23-26,29-30,45-46H,4,15-19H2,1-3H3,(H,34,36,37)/t23-,25-,26+,29+,30-/m1/s1. The van der Waals surface area contributed by atoms with Gasteiger partial charge in [-0.05, 0) is 43.3 Å². The van der Waals surface area contributed by atoms with Crippen molar-refractivity contribution in [3.8, 4) is 0 Å². The molecule has 0 radical (unpaired) electrons. The molecule has 5 aromatic rings. The van der Waals surface area contributed by atoms with E-state index in [1.54, 1.807) is 6.33 Å². The van der Waals surface area contributed by atoms with E-state index in [2.05, 4.69) is 93.2 Å². The molecule has 2 aromatic carbocycles. The SMILES string of the molecule is CCc1nnn([C@H]2C[C@@H](n3cnc4c(NCC(c5ccccc5)c5ccccc5)nc(N5CC[C@@H](N(C)C)C5)nc43)[C@H](O)[C@@H]2O)n1. The number of nitrogens with zero attached hydrogens (tertiary/aromatic N) is 10. The zero-order valence-electron chi connectivity index (χ0n) is 26.4. The third kappa shape index (κ3) is 5.70. The first-order valence-electron chi connectivity index (χ1n) is 16.1. The highest BCUT2D eigenvalue weighted by Crippen LogP contribution is 2.40. The Bertz CT molecular complexity index is 1720. The number of tetrazole rings is 1. The summed E-state index contributed by atoms with van der Waals surface area (Å²) in [5, 5.41) is 38.7. The van der Waals surface area contributed by atoms with E-state index in [9.17, 15) is 10.2 Å². The molecule has 0 unspecified atom stereocenters. The number of hydrogen-bond donors (Lipinski definition) is 3. The summed E-state index contributed by atoms with van der Waals surface area (Å²) in [6, 6.07) is 20.3. The van der Waals surface area contributed by atoms with Crippen molar-refractivity contribution in [2.45, 2.75) is 62.4 Å². The summed E-state index contributed by atoms with van der Waals surface area (Å²) in [4.78, 5) is 20.8. The third-order valence-electron chi connectivity index (χ3n) is 9.52. The molecule has 240 valence electrons. The molecule has 7 rings (SSSR count). The van der Waals surface area contributed by atoms with E-state index in [-0.39, 0.29) is 5.92 Å². The highest BCUT2D eigenvalue weighted by molar-refractivity contribution is 5.84. The predicted molar refractivity (Wildman–Crippen MR) is 175 cm³/mol. The summed E-state index contributed by atoms with van der Waals surface area (Å²) >= 11 is 0. The first-order chi connectivity index (χ1) is 22.4. The van der Waals surface area contributed by atoms with Crippen LogP contribution < -0.4 is 10.2 Å². The predicted octanol–water partition coefficient (Wildman–Crippen LogP) is 2.67. The molecule has 1 aliphatic heterocycles. The molecule has 5 atom stereocenters. The molecule has 1 aliphatic carbocycles. The molecule has 1 saturated carbocycles. The van der Waals surface area contributed by atoms with Crippen LogP contribution in [0, 0.1) is 0 Å². The van der Waals surface area contributed by atoms with Crippen LogP contribution in [0.3, 0.4) is 0 Å². The van der Waals surface area contributed by atoms with Crippen LogP contribution in [0.15, 0.2) is 67.0 Å². The van der Waals surface area contributed by atoms with Gasteiger partial charge in [-0.25, -0.2) is 4.98 Å². The number of aliphatic hydroxyl groups excluding tert-OH is 2. The van der Waals surface area contributed by atoms with Crippen molar-refractivity contribution in [3.05, 3.63) is 83.9 Å². The minimum atomic E-state index is -1.07. The number of nitrogens with one attached hydrogen (secondary N) is 1. The molecular formula is C33H41N11O2. The van der Waals surface area contributed by atoms with Gasteiger partial charge in [0.15, 0.2) is 22.8 Å². The van der Waals surface area contributed by atoms with E-state index >= 15 is 0 Å². The van der Waals surface area contributed by atoms with Crippen molar-refractivity contribution < 1.29 is 10.2 Å². The normalized spacial score (nSPS) is 23.3. The largest absolute Gasteiger partial charge is 0.388 e. The molecule has 13 heteroatoms. The Labute approximate surface area is 267 Å². The van der Waals surface area contributed by atoms with Crippen LogP contribution in [0.1, 0.15) is 54.7 Å². The van der Waals surface area contributed by atoms with Gasteiger partial charge < -0.3 is 29.9 Å². The maximum atomic E-state index is 11.3. The van der Waals surface area contributed by atoms with Crippen LogP contribution in [0.25, 0.3) is 11.2 Å². The first kappa shape index (κ1) is 30.2. The van der Waals surface area contributed by atoms with Crippen molar-refractivity contribution in [3.63, 3.8) is 0 Å². The smallest absolute Gasteiger partial charge is 0.229 e. The minimum Gasteiger partial charge on any atom is -0.388 e. The summed E-state index contributed by atoms with van der Waals surface area (Å²) in [5.74, 6) is 1.93. The second kappa shape index (κ2) is 12.7. The van der Waals surface area contributed by atoms with E-state index in [0.717, 1.165) is 19.5 Å². The van der Waals surface area contributed by atoms with E-state index in [4.69, 9.17) is 15.0 Å². The van der Waals surface area contributed by atoms with E-state index in [1.807, 2.05) is 23.6 Å². The van der Waals surface area contributed by atoms with E-state index in [0.29, 0.717) is 54.2 Å². The highest BCUT2D eigenvalue weighted by atomic mass is 16.3. The Balaban J connectivity index is 1.25. The van der Waals surface area contributed by atoms with E-state index < -0.39 is 24.3 Å². The van der Waals surface area contributed by atoms with Gasteiger partial charge in [0.1, 0.15) is 18.2 Å². The Morgan fingerprint density at radius 2 is 1.65 bits per heavy atom. The highest BCUT2D eigenvalue weighted by Gasteiger charge is 2.45. The fraction of sp³-hybridized carbons (Fsp3) is 0.455. The number of aromatic nitrogens is 8. The average molecular weight is 624 g/mol. The van der Waals surface area contributed by atoms with Crippen LogP contribution in [0.4, 0.5) is 11.8 Å². The van der Waals surface area contributed by atoms with Gasteiger partial charge in [0.25, 0.3) is 0 Å². The quantitative estimate of drug-likeness (QED) is 0.211. The summed E-state index contributed by atoms with van der Waals surface area (Å²) in [6.45, 7) is 4.20. The lowest BCUT2D eigenvalue weighted by Gasteiger charge is -2.23. The van der Waals surface area contributed by atoms with Gasteiger partial charge in [-0.3, -0.25) is 0 Å². The number of benzene rings is 2. The lowest BCUT2D eigenvalue weighted by Crippen LogP contribution is -2.32. The van der Waals surface area contributed by atoms with Crippen LogP contribution >= 0.6 is 0 Å². The van der Waals surface area contributed by atoms with Crippen molar-refractivity contribution >= 4 is 22.9 Å². The van der Waals surface area contributed by atoms with Crippen LogP contribution in [-0.2, 0) is 6.42 Å². The van der Waals surface area contributed by atoms with Crippen molar-refractivity contribution in [1.29, 1.82) is 0 Å². The molecule has 2 fully saturated rings. The molecule has 4 heterocycles. The molecule has 46 heavy (non-hydrogen) atoms. The zero-order valence-corrected chi connectivity index (χ0v) is 26.4. The van der Waals surface area contributed by atoms with Gasteiger partial charge in [0, 0.05) is 38.0 Å². The Kier molecular flexibility index (Phi) is 8.36. The average Bonchev–Trinajstić information content (AvgIpc) is 3.89. The minimum absolute atomic E-state index is 0.0820. The molecule has 1 saturated heterocycles. The number of likely N-dealkylation sites (N-methyl/N-ethyl adjacent to an activating group) is 1. The van der Waals surface area contributed by atoms with Crippen molar-refractivity contribution in [2.75, 3.05) is 43.9 Å². The Hall–Kier alpha value is -4.46. The van der Waals surface area contributed by atoms with E-state index in [1.165, 1.54) is 15.9 Å². The van der Waals surface area contributed by atoms with Crippen LogP contribution in [-0.4, -0.2) is 107 Å². The van der Waals surface area contributed by atoms with Crippen LogP contribution in [0.5, 0.6) is 0 Å². The molecule has 13 nitrogen and oxygen atoms in total. The molecule has 0 amide bonds. The van der Waals surface area contributed by atoms with Gasteiger partial charge in [-0.2, -0.15) is 14.8 Å². The number of aryl methyl sites for hydroxylation is 1. The van der Waals surface area contributed by atoms with Crippen molar-refractivity contribution in [2.24, 2.45) is 0 Å². The van der Waals surface area contributed by atoms with Crippen LogP contribution in [0.2, 0.25) is 0 Å². The Morgan fingerprint density at radius 1 is 0.957 bits per heavy atom. The number of aliphatic hydroxyl groups is 2. The second-order valence-corrected chi connectivity index (χ2v) is 12.5. The van der Waals surface area contributed by atoms with Crippen molar-refractivity contribution in [1.82, 2.24) is 44.6 Å². The first-order valence-corrected chi connectivity index (χ1v) is 16.1. The number of anilines is 2. The monoisotopic (exact) mass is 623 g/mol. The molecular weight excluding hydrogens is 582 g/mol. The number of rotatable bonds is 10. The maximum absolute atomic E-state index is 11.3. The lowest BCUT2D eigenvalue weighted by molar-refractivity contribution is 0.00473. The van der Waals surface area contributed by atoms with Gasteiger partial charge in [0.2, 0.25) is 5.95 Å². The zero-order chi connectivity index (χ0) is 31.8. The Morgan fingerprint density at radius 3 is 2.28 bits per heavy atom. The summed E-state index contributed by atoms with van der Waals surface area (Å²) < 4.78 is 1.88. The summed E-state index contributed by atoms with van der Waals surface area (Å²) in [5.41, 5.74) is 3.62. The second-order valence-electron chi connectivity index (χ2n) is 12.5. The summed E-state index contributed by atoms with van der Waals surface area (Å²) in [7, 11) is 4.20. The number of imidazole rings is 1. The summed E-state index contributed by atoms with van der Waals surface area (Å²) in [6.07, 6.45) is 1.60. The fourth-order valence-electron chi connectivity index (χ4n) is 6.78. The molecule has 3 aromatic heterocycles. The maximum Gasteiger partial charge on any atom is 0.229 e. The molecule has 0 bridgehead atoms. The third-order valence-corrected chi connectivity index (χ3v) is 9.52. The lowest BCUT2D eigenvalue weighted by atomic mass is 9.91. The molecule has 3 N–H and O–H groups in total. The number of hydrogen-bond acceptors (Lipinski definition) is 11. The topological polar surface area (TPSA) is 146 Å². The van der Waals surface area contributed by atoms with Gasteiger partial charge in [-0.15, -0.1) is 10.2 Å².